The molecule has 3 saturated heterocycles. The third-order valence-corrected chi connectivity index (χ3v) is 5.56. The van der Waals surface area contributed by atoms with Crippen molar-refractivity contribution in [2.24, 2.45) is 5.92 Å². The summed E-state index contributed by atoms with van der Waals surface area (Å²) in [6, 6.07) is 13.5. The minimum atomic E-state index is 0.818. The van der Waals surface area contributed by atoms with Crippen molar-refractivity contribution in [2.75, 3.05) is 6.54 Å². The van der Waals surface area contributed by atoms with Crippen LogP contribution in [0.1, 0.15) is 37.7 Å². The highest BCUT2D eigenvalue weighted by molar-refractivity contribution is 5.16. The van der Waals surface area contributed by atoms with Gasteiger partial charge in [-0.15, -0.1) is 0 Å². The molecule has 2 heteroatoms. The van der Waals surface area contributed by atoms with Crippen molar-refractivity contribution in [1.82, 2.24) is 10.2 Å². The molecule has 0 saturated carbocycles. The van der Waals surface area contributed by atoms with Gasteiger partial charge in [-0.25, -0.2) is 0 Å². The standard InChI is InChI=1S/C17H24N2/c1-2-5-13(6-3-1)12-19-14-8-9-17(19)15-7-4-10-18-16(15)11-14/h1-3,5-6,14-18H,4,7-12H2. The summed E-state index contributed by atoms with van der Waals surface area (Å²) in [6.45, 7) is 2.42. The Bertz CT molecular complexity index is 430. The molecule has 2 nitrogen and oxygen atoms in total. The minimum Gasteiger partial charge on any atom is -0.314 e. The molecule has 4 atom stereocenters. The van der Waals surface area contributed by atoms with Crippen molar-refractivity contribution < 1.29 is 0 Å². The van der Waals surface area contributed by atoms with Crippen LogP contribution in [0.4, 0.5) is 0 Å². The molecule has 0 amide bonds. The van der Waals surface area contributed by atoms with E-state index in [2.05, 4.69) is 40.5 Å². The Kier molecular flexibility index (Phi) is 3.08. The predicted molar refractivity (Wildman–Crippen MR) is 77.9 cm³/mol. The van der Waals surface area contributed by atoms with E-state index in [1.165, 1.54) is 50.8 Å². The van der Waals surface area contributed by atoms with Gasteiger partial charge in [0.2, 0.25) is 0 Å². The molecule has 4 unspecified atom stereocenters. The Morgan fingerprint density at radius 1 is 1.11 bits per heavy atom. The van der Waals surface area contributed by atoms with Crippen molar-refractivity contribution in [3.8, 4) is 0 Å². The van der Waals surface area contributed by atoms with Crippen molar-refractivity contribution in [2.45, 2.75) is 56.8 Å². The Morgan fingerprint density at radius 2 is 2.00 bits per heavy atom. The lowest BCUT2D eigenvalue weighted by molar-refractivity contribution is 0.0400. The van der Waals surface area contributed by atoms with Crippen LogP contribution in [0.3, 0.4) is 0 Å². The Labute approximate surface area is 116 Å². The molecule has 0 radical (unpaired) electrons. The molecule has 3 heterocycles. The molecule has 19 heavy (non-hydrogen) atoms. The third-order valence-electron chi connectivity index (χ3n) is 5.56. The largest absolute Gasteiger partial charge is 0.314 e. The number of benzene rings is 1. The van der Waals surface area contributed by atoms with Gasteiger partial charge in [0.15, 0.2) is 0 Å². The fraction of sp³-hybridized carbons (Fsp3) is 0.647. The molecule has 4 rings (SSSR count). The molecule has 3 fully saturated rings. The fourth-order valence-corrected chi connectivity index (χ4v) is 4.71. The van der Waals surface area contributed by atoms with Gasteiger partial charge in [-0.1, -0.05) is 30.3 Å². The van der Waals surface area contributed by atoms with Gasteiger partial charge in [0, 0.05) is 24.7 Å². The lowest BCUT2D eigenvalue weighted by atomic mass is 9.80. The van der Waals surface area contributed by atoms with Crippen LogP contribution >= 0.6 is 0 Å². The topological polar surface area (TPSA) is 15.3 Å². The molecule has 3 aliphatic heterocycles. The first-order valence-electron chi connectivity index (χ1n) is 7.95. The maximum Gasteiger partial charge on any atom is 0.0239 e. The summed E-state index contributed by atoms with van der Waals surface area (Å²) < 4.78 is 0. The SMILES string of the molecule is c1ccc(CN2C3CCC2C2CCCNC2C3)cc1. The average molecular weight is 256 g/mol. The molecule has 2 bridgehead atoms. The first-order chi connectivity index (χ1) is 9.42. The number of rotatable bonds is 2. The number of nitrogens with zero attached hydrogens (tertiary/aromatic N) is 1. The molecule has 0 aliphatic carbocycles. The van der Waals surface area contributed by atoms with Gasteiger partial charge in [0.25, 0.3) is 0 Å². The highest BCUT2D eigenvalue weighted by Crippen LogP contribution is 2.43. The second kappa shape index (κ2) is 4.92. The average Bonchev–Trinajstić information content (AvgIpc) is 2.74. The number of piperidine rings is 2. The van der Waals surface area contributed by atoms with Crippen LogP contribution in [0, 0.1) is 5.92 Å². The van der Waals surface area contributed by atoms with Crippen molar-refractivity contribution in [3.05, 3.63) is 35.9 Å². The molecular weight excluding hydrogens is 232 g/mol. The van der Waals surface area contributed by atoms with Gasteiger partial charge >= 0.3 is 0 Å². The Balaban J connectivity index is 1.54. The summed E-state index contributed by atoms with van der Waals surface area (Å²) in [5.41, 5.74) is 1.49. The zero-order valence-corrected chi connectivity index (χ0v) is 11.6. The van der Waals surface area contributed by atoms with Gasteiger partial charge in [0.05, 0.1) is 0 Å². The summed E-state index contributed by atoms with van der Waals surface area (Å²) >= 11 is 0. The summed E-state index contributed by atoms with van der Waals surface area (Å²) in [5, 5.41) is 3.78. The molecule has 1 N–H and O–H groups in total. The second-order valence-electron chi connectivity index (χ2n) is 6.56. The van der Waals surface area contributed by atoms with Crippen molar-refractivity contribution >= 4 is 0 Å². The molecule has 1 aromatic rings. The van der Waals surface area contributed by atoms with Crippen LogP contribution in [-0.4, -0.2) is 29.6 Å². The fourth-order valence-electron chi connectivity index (χ4n) is 4.71. The quantitative estimate of drug-likeness (QED) is 0.875. The highest BCUT2D eigenvalue weighted by Gasteiger charge is 2.47. The first kappa shape index (κ1) is 11.9. The molecule has 0 spiro atoms. The van der Waals surface area contributed by atoms with Crippen molar-refractivity contribution in [3.63, 3.8) is 0 Å². The maximum atomic E-state index is 3.78. The van der Waals surface area contributed by atoms with E-state index in [4.69, 9.17) is 0 Å². The van der Waals surface area contributed by atoms with E-state index in [9.17, 15) is 0 Å². The maximum absolute atomic E-state index is 3.78. The smallest absolute Gasteiger partial charge is 0.0239 e. The van der Waals surface area contributed by atoms with Crippen LogP contribution in [0.15, 0.2) is 30.3 Å². The van der Waals surface area contributed by atoms with E-state index in [-0.39, 0.29) is 0 Å². The van der Waals surface area contributed by atoms with Crippen molar-refractivity contribution in [1.29, 1.82) is 0 Å². The lowest BCUT2D eigenvalue weighted by Crippen LogP contribution is -2.57. The number of hydrogen-bond donors (Lipinski definition) is 1. The molecule has 0 aromatic heterocycles. The summed E-state index contributed by atoms with van der Waals surface area (Å²) in [6.07, 6.45) is 7.06. The van der Waals surface area contributed by atoms with Gasteiger partial charge in [-0.3, -0.25) is 4.90 Å². The van der Waals surface area contributed by atoms with E-state index in [1.54, 1.807) is 0 Å². The number of nitrogens with one attached hydrogen (secondary N) is 1. The minimum absolute atomic E-state index is 0.818. The van der Waals surface area contributed by atoms with Crippen LogP contribution in [-0.2, 0) is 6.54 Å². The zero-order chi connectivity index (χ0) is 12.7. The van der Waals surface area contributed by atoms with Crippen LogP contribution in [0.25, 0.3) is 0 Å². The third kappa shape index (κ3) is 2.11. The van der Waals surface area contributed by atoms with E-state index < -0.39 is 0 Å². The molecule has 1 aromatic carbocycles. The van der Waals surface area contributed by atoms with E-state index in [1.807, 2.05) is 0 Å². The van der Waals surface area contributed by atoms with Crippen LogP contribution < -0.4 is 5.32 Å². The number of hydrogen-bond acceptors (Lipinski definition) is 2. The molecule has 102 valence electrons. The normalized spacial score (nSPS) is 38.1. The van der Waals surface area contributed by atoms with Gasteiger partial charge in [0.1, 0.15) is 0 Å². The number of fused-ring (bicyclic) bond motifs is 4. The van der Waals surface area contributed by atoms with E-state index >= 15 is 0 Å². The second-order valence-corrected chi connectivity index (χ2v) is 6.56. The zero-order valence-electron chi connectivity index (χ0n) is 11.6. The Morgan fingerprint density at radius 3 is 2.89 bits per heavy atom. The van der Waals surface area contributed by atoms with Crippen LogP contribution in [0.5, 0.6) is 0 Å². The van der Waals surface area contributed by atoms with Gasteiger partial charge in [-0.2, -0.15) is 0 Å². The van der Waals surface area contributed by atoms with Crippen LogP contribution in [0.2, 0.25) is 0 Å². The van der Waals surface area contributed by atoms with E-state index in [0.717, 1.165) is 24.0 Å². The first-order valence-corrected chi connectivity index (χ1v) is 7.95. The molecule has 3 aliphatic rings. The highest BCUT2D eigenvalue weighted by atomic mass is 15.2. The van der Waals surface area contributed by atoms with Gasteiger partial charge < -0.3 is 5.32 Å². The lowest BCUT2D eigenvalue weighted by Gasteiger charge is -2.47. The summed E-state index contributed by atoms with van der Waals surface area (Å²) in [4.78, 5) is 2.82. The summed E-state index contributed by atoms with van der Waals surface area (Å²) in [7, 11) is 0. The Hall–Kier alpha value is -0.860. The predicted octanol–water partition coefficient (Wildman–Crippen LogP) is 2.79. The molecular formula is C17H24N2. The summed E-state index contributed by atoms with van der Waals surface area (Å²) in [5.74, 6) is 0.913. The monoisotopic (exact) mass is 256 g/mol. The van der Waals surface area contributed by atoms with Gasteiger partial charge in [-0.05, 0) is 50.1 Å². The van der Waals surface area contributed by atoms with E-state index in [0.29, 0.717) is 0 Å².